The molecule has 2 aromatic rings. The van der Waals surface area contributed by atoms with Gasteiger partial charge in [-0.05, 0) is 43.9 Å². The van der Waals surface area contributed by atoms with Crippen molar-refractivity contribution in [3.63, 3.8) is 0 Å². The van der Waals surface area contributed by atoms with E-state index in [1.54, 1.807) is 0 Å². The van der Waals surface area contributed by atoms with Crippen LogP contribution in [0.2, 0.25) is 0 Å². The first-order chi connectivity index (χ1) is 9.19. The molecule has 4 nitrogen and oxygen atoms in total. The van der Waals surface area contributed by atoms with Gasteiger partial charge in [0.05, 0.1) is 17.6 Å². The number of hydrogen-bond donors (Lipinski definition) is 1. The molecular weight excluding hydrogens is 240 g/mol. The van der Waals surface area contributed by atoms with E-state index in [9.17, 15) is 4.79 Å². The summed E-state index contributed by atoms with van der Waals surface area (Å²) in [5.74, 6) is 0.610. The molecule has 0 radical (unpaired) electrons. The molecule has 1 aliphatic carbocycles. The molecule has 1 heterocycles. The number of imidazole rings is 1. The Hall–Kier alpha value is -1.84. The fourth-order valence-electron chi connectivity index (χ4n) is 2.44. The van der Waals surface area contributed by atoms with Gasteiger partial charge in [0.25, 0.3) is 0 Å². The van der Waals surface area contributed by atoms with Crippen molar-refractivity contribution in [1.82, 2.24) is 9.97 Å². The van der Waals surface area contributed by atoms with Crippen LogP contribution in [-0.2, 0) is 21.4 Å². The van der Waals surface area contributed by atoms with Crippen molar-refractivity contribution >= 4 is 17.0 Å². The van der Waals surface area contributed by atoms with E-state index in [1.807, 2.05) is 13.0 Å². The average molecular weight is 258 g/mol. The number of esters is 1. The van der Waals surface area contributed by atoms with E-state index in [4.69, 9.17) is 4.74 Å². The van der Waals surface area contributed by atoms with Gasteiger partial charge in [0.2, 0.25) is 0 Å². The van der Waals surface area contributed by atoms with Gasteiger partial charge in [-0.1, -0.05) is 13.0 Å². The zero-order valence-corrected chi connectivity index (χ0v) is 11.3. The molecule has 3 rings (SSSR count). The third kappa shape index (κ3) is 1.91. The molecule has 0 bridgehead atoms. The number of aromatic amines is 1. The molecule has 0 amide bonds. The summed E-state index contributed by atoms with van der Waals surface area (Å²) in [4.78, 5) is 19.9. The number of rotatable bonds is 4. The van der Waals surface area contributed by atoms with E-state index in [0.29, 0.717) is 6.61 Å². The first-order valence-corrected chi connectivity index (χ1v) is 6.86. The van der Waals surface area contributed by atoms with Gasteiger partial charge in [-0.3, -0.25) is 4.79 Å². The van der Waals surface area contributed by atoms with Crippen molar-refractivity contribution in [2.75, 3.05) is 6.61 Å². The minimum absolute atomic E-state index is 0.148. The Labute approximate surface area is 112 Å². The van der Waals surface area contributed by atoms with Gasteiger partial charge >= 0.3 is 5.97 Å². The lowest BCUT2D eigenvalue weighted by Gasteiger charge is -2.10. The summed E-state index contributed by atoms with van der Waals surface area (Å²) in [6.45, 7) is 4.38. The van der Waals surface area contributed by atoms with Gasteiger partial charge in [0, 0.05) is 0 Å². The van der Waals surface area contributed by atoms with E-state index in [0.717, 1.165) is 36.1 Å². The Morgan fingerprint density at radius 1 is 1.42 bits per heavy atom. The summed E-state index contributed by atoms with van der Waals surface area (Å²) in [6.07, 6.45) is 2.64. The number of benzene rings is 1. The van der Waals surface area contributed by atoms with Crippen LogP contribution in [0, 0.1) is 0 Å². The number of H-pyrrole nitrogens is 1. The summed E-state index contributed by atoms with van der Waals surface area (Å²) in [7, 11) is 0. The Bertz CT molecular complexity index is 626. The maximum atomic E-state index is 12.0. The second-order valence-electron chi connectivity index (χ2n) is 5.09. The van der Waals surface area contributed by atoms with Crippen LogP contribution < -0.4 is 0 Å². The van der Waals surface area contributed by atoms with Crippen molar-refractivity contribution < 1.29 is 9.53 Å². The lowest BCUT2D eigenvalue weighted by Crippen LogP contribution is -2.24. The van der Waals surface area contributed by atoms with Crippen molar-refractivity contribution in [2.24, 2.45) is 0 Å². The zero-order chi connectivity index (χ0) is 13.5. The number of aromatic nitrogens is 2. The molecule has 1 N–H and O–H groups in total. The second kappa shape index (κ2) is 4.37. The lowest BCUT2D eigenvalue weighted by molar-refractivity contribution is -0.146. The topological polar surface area (TPSA) is 55.0 Å². The molecule has 1 aromatic heterocycles. The highest BCUT2D eigenvalue weighted by atomic mass is 16.5. The third-order valence-electron chi connectivity index (χ3n) is 3.82. The van der Waals surface area contributed by atoms with Crippen LogP contribution in [0.5, 0.6) is 0 Å². The summed E-state index contributed by atoms with van der Waals surface area (Å²) in [5.41, 5.74) is 2.68. The molecule has 0 spiro atoms. The van der Waals surface area contributed by atoms with Crippen LogP contribution in [-0.4, -0.2) is 22.5 Å². The highest BCUT2D eigenvalue weighted by molar-refractivity contribution is 5.87. The first kappa shape index (κ1) is 12.2. The number of aryl methyl sites for hydroxylation is 1. The molecule has 100 valence electrons. The van der Waals surface area contributed by atoms with Gasteiger partial charge in [0.15, 0.2) is 0 Å². The molecule has 0 atom stereocenters. The van der Waals surface area contributed by atoms with Crippen LogP contribution >= 0.6 is 0 Å². The Morgan fingerprint density at radius 2 is 2.21 bits per heavy atom. The lowest BCUT2D eigenvalue weighted by atomic mass is 10.1. The van der Waals surface area contributed by atoms with Crippen molar-refractivity contribution in [2.45, 2.75) is 38.5 Å². The fraction of sp³-hybridized carbons (Fsp3) is 0.467. The zero-order valence-electron chi connectivity index (χ0n) is 11.3. The van der Waals surface area contributed by atoms with Crippen LogP contribution in [0.4, 0.5) is 0 Å². The number of nitrogens with zero attached hydrogens (tertiary/aromatic N) is 1. The molecule has 19 heavy (non-hydrogen) atoms. The molecule has 1 aliphatic rings. The van der Waals surface area contributed by atoms with Gasteiger partial charge in [0.1, 0.15) is 11.2 Å². The fourth-order valence-corrected chi connectivity index (χ4v) is 2.44. The molecule has 1 aromatic carbocycles. The predicted molar refractivity (Wildman–Crippen MR) is 73.0 cm³/mol. The van der Waals surface area contributed by atoms with Crippen molar-refractivity contribution in [3.05, 3.63) is 29.6 Å². The summed E-state index contributed by atoms with van der Waals surface area (Å²) in [6, 6.07) is 6.19. The quantitative estimate of drug-likeness (QED) is 0.858. The number of fused-ring (bicyclic) bond motifs is 1. The van der Waals surface area contributed by atoms with Gasteiger partial charge in [-0.25, -0.2) is 4.98 Å². The van der Waals surface area contributed by atoms with E-state index in [-0.39, 0.29) is 5.97 Å². The van der Waals surface area contributed by atoms with Crippen LogP contribution in [0.3, 0.4) is 0 Å². The summed E-state index contributed by atoms with van der Waals surface area (Å²) < 4.78 is 5.17. The van der Waals surface area contributed by atoms with Gasteiger partial charge in [-0.2, -0.15) is 0 Å². The molecule has 0 aliphatic heterocycles. The van der Waals surface area contributed by atoms with Crippen LogP contribution in [0.15, 0.2) is 18.2 Å². The molecule has 0 unspecified atom stereocenters. The highest BCUT2D eigenvalue weighted by Gasteiger charge is 2.55. The first-order valence-electron chi connectivity index (χ1n) is 6.86. The molecular formula is C15H18N2O2. The van der Waals surface area contributed by atoms with E-state index >= 15 is 0 Å². The minimum Gasteiger partial charge on any atom is -0.465 e. The normalized spacial score (nSPS) is 16.5. The number of carbonyl (C=O) groups excluding carboxylic acids is 1. The summed E-state index contributed by atoms with van der Waals surface area (Å²) >= 11 is 0. The number of nitrogens with one attached hydrogen (secondary N) is 1. The maximum absolute atomic E-state index is 12.0. The van der Waals surface area contributed by atoms with E-state index in [1.165, 1.54) is 5.56 Å². The highest BCUT2D eigenvalue weighted by Crippen LogP contribution is 2.48. The average Bonchev–Trinajstić information content (AvgIpc) is 3.12. The number of ether oxygens (including phenoxy) is 1. The molecule has 1 fully saturated rings. The maximum Gasteiger partial charge on any atom is 0.319 e. The van der Waals surface area contributed by atoms with Crippen molar-refractivity contribution in [1.29, 1.82) is 0 Å². The SMILES string of the molecule is CCOC(=O)C1(c2nc3ccc(CC)cc3[nH]2)CC1. The number of carbonyl (C=O) groups is 1. The Kier molecular flexibility index (Phi) is 2.81. The van der Waals surface area contributed by atoms with Crippen LogP contribution in [0.1, 0.15) is 38.1 Å². The standard InChI is InChI=1S/C15H18N2O2/c1-3-10-5-6-11-12(9-10)17-13(16-11)15(7-8-15)14(18)19-4-2/h5-6,9H,3-4,7-8H2,1-2H3,(H,16,17). The molecule has 0 saturated heterocycles. The molecule has 4 heteroatoms. The second-order valence-corrected chi connectivity index (χ2v) is 5.09. The third-order valence-corrected chi connectivity index (χ3v) is 3.82. The minimum atomic E-state index is -0.512. The number of hydrogen-bond acceptors (Lipinski definition) is 3. The van der Waals surface area contributed by atoms with Crippen LogP contribution in [0.25, 0.3) is 11.0 Å². The largest absolute Gasteiger partial charge is 0.465 e. The van der Waals surface area contributed by atoms with Gasteiger partial charge in [-0.15, -0.1) is 0 Å². The van der Waals surface area contributed by atoms with E-state index < -0.39 is 5.41 Å². The van der Waals surface area contributed by atoms with Crippen molar-refractivity contribution in [3.8, 4) is 0 Å². The van der Waals surface area contributed by atoms with Gasteiger partial charge < -0.3 is 9.72 Å². The molecule has 1 saturated carbocycles. The monoisotopic (exact) mass is 258 g/mol. The Morgan fingerprint density at radius 3 is 2.84 bits per heavy atom. The summed E-state index contributed by atoms with van der Waals surface area (Å²) in [5, 5.41) is 0. The predicted octanol–water partition coefficient (Wildman–Crippen LogP) is 2.72. The van der Waals surface area contributed by atoms with E-state index in [2.05, 4.69) is 29.0 Å². The Balaban J connectivity index is 1.99. The smallest absolute Gasteiger partial charge is 0.319 e.